The van der Waals surface area contributed by atoms with Crippen LogP contribution >= 0.6 is 0 Å². The molecule has 0 spiro atoms. The van der Waals surface area contributed by atoms with Gasteiger partial charge in [-0.15, -0.1) is 0 Å². The molecule has 162 valence electrons. The molecule has 0 radical (unpaired) electrons. The van der Waals surface area contributed by atoms with Crippen molar-refractivity contribution < 1.29 is 19.0 Å². The molecule has 0 atom stereocenters. The van der Waals surface area contributed by atoms with E-state index in [9.17, 15) is 4.79 Å². The van der Waals surface area contributed by atoms with Gasteiger partial charge in [-0.25, -0.2) is 9.97 Å². The Morgan fingerprint density at radius 2 is 1.53 bits per heavy atom. The summed E-state index contributed by atoms with van der Waals surface area (Å²) in [6, 6.07) is 5.35. The third-order valence-electron chi connectivity index (χ3n) is 5.07. The molecular formula is C21H29N5O4. The van der Waals surface area contributed by atoms with Crippen LogP contribution < -0.4 is 24.0 Å². The number of ether oxygens (including phenoxy) is 3. The molecule has 30 heavy (non-hydrogen) atoms. The zero-order chi connectivity index (χ0) is 21.8. The Labute approximate surface area is 177 Å². The zero-order valence-electron chi connectivity index (χ0n) is 18.4. The van der Waals surface area contributed by atoms with Gasteiger partial charge in [-0.2, -0.15) is 0 Å². The normalized spacial score (nSPS) is 13.8. The van der Waals surface area contributed by atoms with Gasteiger partial charge in [0.25, 0.3) is 5.91 Å². The molecule has 9 heteroatoms. The molecule has 9 nitrogen and oxygen atoms in total. The van der Waals surface area contributed by atoms with Crippen LogP contribution in [0.5, 0.6) is 17.2 Å². The number of nitrogens with zero attached hydrogens (tertiary/aromatic N) is 5. The van der Waals surface area contributed by atoms with Crippen molar-refractivity contribution in [2.24, 2.45) is 0 Å². The van der Waals surface area contributed by atoms with Crippen molar-refractivity contribution >= 4 is 17.5 Å². The van der Waals surface area contributed by atoms with E-state index in [0.29, 0.717) is 49.0 Å². The van der Waals surface area contributed by atoms with Gasteiger partial charge < -0.3 is 28.9 Å². The molecule has 0 unspecified atom stereocenters. The van der Waals surface area contributed by atoms with Crippen LogP contribution in [0, 0.1) is 6.92 Å². The lowest BCUT2D eigenvalue weighted by atomic mass is 10.1. The average Bonchev–Trinajstić information content (AvgIpc) is 2.77. The summed E-state index contributed by atoms with van der Waals surface area (Å²) in [5, 5.41) is 0. The van der Waals surface area contributed by atoms with E-state index in [4.69, 9.17) is 14.2 Å². The summed E-state index contributed by atoms with van der Waals surface area (Å²) in [5.41, 5.74) is 0.505. The van der Waals surface area contributed by atoms with E-state index < -0.39 is 0 Å². The first-order chi connectivity index (χ1) is 14.4. The lowest BCUT2D eigenvalue weighted by Crippen LogP contribution is -2.49. The number of anilines is 2. The Bertz CT molecular complexity index is 885. The van der Waals surface area contributed by atoms with Crippen LogP contribution in [0.3, 0.4) is 0 Å². The van der Waals surface area contributed by atoms with E-state index in [1.165, 1.54) is 21.3 Å². The Kier molecular flexibility index (Phi) is 6.49. The van der Waals surface area contributed by atoms with Gasteiger partial charge in [0.15, 0.2) is 11.5 Å². The second-order valence-electron chi connectivity index (χ2n) is 7.22. The molecule has 0 saturated carbocycles. The van der Waals surface area contributed by atoms with E-state index in [-0.39, 0.29) is 5.91 Å². The van der Waals surface area contributed by atoms with E-state index in [2.05, 4.69) is 14.9 Å². The summed E-state index contributed by atoms with van der Waals surface area (Å²) >= 11 is 0. The largest absolute Gasteiger partial charge is 0.493 e. The summed E-state index contributed by atoms with van der Waals surface area (Å²) < 4.78 is 16.1. The molecule has 2 heterocycles. The fourth-order valence-electron chi connectivity index (χ4n) is 3.45. The van der Waals surface area contributed by atoms with Gasteiger partial charge in [0.1, 0.15) is 17.5 Å². The van der Waals surface area contributed by atoms with Crippen molar-refractivity contribution in [3.05, 3.63) is 29.6 Å². The number of carbonyl (C=O) groups excluding carboxylic acids is 1. The molecule has 1 aliphatic rings. The fourth-order valence-corrected chi connectivity index (χ4v) is 3.45. The molecule has 3 rings (SSSR count). The maximum Gasteiger partial charge on any atom is 0.254 e. The number of piperazine rings is 1. The highest BCUT2D eigenvalue weighted by atomic mass is 16.5. The first-order valence-corrected chi connectivity index (χ1v) is 9.75. The standard InChI is InChI=1S/C21H29N5O4/c1-14-22-18(24(2)3)13-19(23-14)25-7-9-26(10-8-25)21(27)15-11-16(28-4)20(30-6)17(12-15)29-5/h11-13H,7-10H2,1-6H3. The number of rotatable bonds is 6. The molecular weight excluding hydrogens is 386 g/mol. The van der Waals surface area contributed by atoms with Gasteiger partial charge in [-0.3, -0.25) is 4.79 Å². The number of hydrogen-bond donors (Lipinski definition) is 0. The van der Waals surface area contributed by atoms with Crippen LogP contribution in [-0.2, 0) is 0 Å². The van der Waals surface area contributed by atoms with Gasteiger partial charge in [0, 0.05) is 51.9 Å². The summed E-state index contributed by atoms with van der Waals surface area (Å²) in [6.45, 7) is 4.46. The summed E-state index contributed by atoms with van der Waals surface area (Å²) in [5.74, 6) is 3.81. The third kappa shape index (κ3) is 4.34. The van der Waals surface area contributed by atoms with Crippen LogP contribution in [0.1, 0.15) is 16.2 Å². The molecule has 1 aromatic heterocycles. The minimum Gasteiger partial charge on any atom is -0.493 e. The highest BCUT2D eigenvalue weighted by Gasteiger charge is 2.25. The number of aryl methyl sites for hydroxylation is 1. The second-order valence-corrected chi connectivity index (χ2v) is 7.22. The van der Waals surface area contributed by atoms with Gasteiger partial charge in [0.05, 0.1) is 21.3 Å². The Balaban J connectivity index is 1.75. The Morgan fingerprint density at radius 3 is 2.03 bits per heavy atom. The average molecular weight is 415 g/mol. The number of benzene rings is 1. The van der Waals surface area contributed by atoms with Crippen molar-refractivity contribution in [3.63, 3.8) is 0 Å². The molecule has 1 aliphatic heterocycles. The van der Waals surface area contributed by atoms with E-state index in [1.54, 1.807) is 12.1 Å². The van der Waals surface area contributed by atoms with Crippen molar-refractivity contribution in [1.82, 2.24) is 14.9 Å². The maximum atomic E-state index is 13.1. The number of methoxy groups -OCH3 is 3. The number of aromatic nitrogens is 2. The molecule has 0 N–H and O–H groups in total. The molecule has 1 fully saturated rings. The lowest BCUT2D eigenvalue weighted by Gasteiger charge is -2.35. The highest BCUT2D eigenvalue weighted by Crippen LogP contribution is 2.38. The summed E-state index contributed by atoms with van der Waals surface area (Å²) in [7, 11) is 8.53. The van der Waals surface area contributed by atoms with Gasteiger partial charge >= 0.3 is 0 Å². The smallest absolute Gasteiger partial charge is 0.254 e. The first-order valence-electron chi connectivity index (χ1n) is 9.75. The van der Waals surface area contributed by atoms with Crippen LogP contribution in [0.4, 0.5) is 11.6 Å². The van der Waals surface area contributed by atoms with E-state index >= 15 is 0 Å². The second kappa shape index (κ2) is 9.06. The third-order valence-corrected chi connectivity index (χ3v) is 5.07. The van der Waals surface area contributed by atoms with Crippen LogP contribution in [0.2, 0.25) is 0 Å². The Hall–Kier alpha value is -3.23. The molecule has 1 amide bonds. The topological polar surface area (TPSA) is 80.3 Å². The Morgan fingerprint density at radius 1 is 0.933 bits per heavy atom. The van der Waals surface area contributed by atoms with Crippen LogP contribution in [0.15, 0.2) is 18.2 Å². The molecule has 1 aromatic carbocycles. The number of amides is 1. The lowest BCUT2D eigenvalue weighted by molar-refractivity contribution is 0.0745. The van der Waals surface area contributed by atoms with Gasteiger partial charge in [0.2, 0.25) is 5.75 Å². The quantitative estimate of drug-likeness (QED) is 0.707. The summed E-state index contributed by atoms with van der Waals surface area (Å²) in [6.07, 6.45) is 0. The van der Waals surface area contributed by atoms with Crippen molar-refractivity contribution in [2.45, 2.75) is 6.92 Å². The predicted molar refractivity (Wildman–Crippen MR) is 115 cm³/mol. The fraction of sp³-hybridized carbons (Fsp3) is 0.476. The zero-order valence-corrected chi connectivity index (χ0v) is 18.4. The summed E-state index contributed by atoms with van der Waals surface area (Å²) in [4.78, 5) is 28.1. The van der Waals surface area contributed by atoms with Crippen LogP contribution in [0.25, 0.3) is 0 Å². The van der Waals surface area contributed by atoms with E-state index in [0.717, 1.165) is 17.5 Å². The number of hydrogen-bond acceptors (Lipinski definition) is 8. The predicted octanol–water partition coefficient (Wildman–Crippen LogP) is 1.84. The van der Waals surface area contributed by atoms with Crippen LogP contribution in [-0.4, -0.2) is 82.4 Å². The minimum absolute atomic E-state index is 0.0678. The molecule has 0 bridgehead atoms. The van der Waals surface area contributed by atoms with E-state index in [1.807, 2.05) is 36.9 Å². The molecule has 0 aliphatic carbocycles. The van der Waals surface area contributed by atoms with Gasteiger partial charge in [-0.05, 0) is 19.1 Å². The molecule has 2 aromatic rings. The first kappa shape index (κ1) is 21.5. The number of carbonyl (C=O) groups is 1. The van der Waals surface area contributed by atoms with Gasteiger partial charge in [-0.1, -0.05) is 0 Å². The highest BCUT2D eigenvalue weighted by molar-refractivity contribution is 5.95. The maximum absolute atomic E-state index is 13.1. The SMILES string of the molecule is COc1cc(C(=O)N2CCN(c3cc(N(C)C)nc(C)n3)CC2)cc(OC)c1OC. The monoisotopic (exact) mass is 415 g/mol. The van der Waals surface area contributed by atoms with Crippen molar-refractivity contribution in [1.29, 1.82) is 0 Å². The molecule has 1 saturated heterocycles. The van der Waals surface area contributed by atoms with Crippen molar-refractivity contribution in [3.8, 4) is 17.2 Å². The van der Waals surface area contributed by atoms with Crippen molar-refractivity contribution in [2.75, 3.05) is 71.4 Å². The minimum atomic E-state index is -0.0678.